The number of hydrogen-bond donors (Lipinski definition) is 0. The third-order valence-corrected chi connectivity index (χ3v) is 5.95. The zero-order chi connectivity index (χ0) is 9.53. The molecule has 0 heterocycles. The minimum absolute atomic E-state index is 0.376. The van der Waals surface area contributed by atoms with Gasteiger partial charge < -0.3 is 0 Å². The van der Waals surface area contributed by atoms with Crippen LogP contribution in [0.1, 0.15) is 19.3 Å². The second-order valence-electron chi connectivity index (χ2n) is 3.83. The molecule has 74 valence electrons. The van der Waals surface area contributed by atoms with Gasteiger partial charge in [-0.3, -0.25) is 0 Å². The summed E-state index contributed by atoms with van der Waals surface area (Å²) >= 11 is 1.84. The van der Waals surface area contributed by atoms with Gasteiger partial charge in [0.2, 0.25) is 0 Å². The zero-order valence-electron chi connectivity index (χ0n) is 5.80. The molecule has 3 aliphatic carbocycles. The number of hydrogen-bond acceptors (Lipinski definition) is 0. The summed E-state index contributed by atoms with van der Waals surface area (Å²) in [5, 5.41) is 0. The fourth-order valence-corrected chi connectivity index (χ4v) is 6.60. The van der Waals surface area contributed by atoms with E-state index < -0.39 is 18.4 Å². The molecule has 3 saturated carbocycles. The maximum absolute atomic E-state index is 12.2. The van der Waals surface area contributed by atoms with Crippen LogP contribution >= 0.6 is 32.8 Å². The van der Waals surface area contributed by atoms with Gasteiger partial charge in [0.25, 0.3) is 10.2 Å². The molecule has 12 heavy (non-hydrogen) atoms. The van der Waals surface area contributed by atoms with Gasteiger partial charge >= 0.3 is 0 Å². The summed E-state index contributed by atoms with van der Waals surface area (Å²) in [5.74, 6) is 0. The molecule has 3 aliphatic rings. The van der Waals surface area contributed by atoms with Crippen LogP contribution in [-0.4, -0.2) is 8.17 Å². The van der Waals surface area contributed by atoms with Gasteiger partial charge in [0.1, 0.15) is 4.75 Å². The van der Waals surface area contributed by atoms with Crippen molar-refractivity contribution < 1.29 is 19.4 Å². The highest BCUT2D eigenvalue weighted by molar-refractivity contribution is 14.1. The molecule has 2 bridgehead atoms. The van der Waals surface area contributed by atoms with Gasteiger partial charge in [-0.1, -0.05) is 42.0 Å². The molecule has 0 aliphatic heterocycles. The van der Waals surface area contributed by atoms with Crippen LogP contribution in [0.15, 0.2) is 0 Å². The predicted octanol–water partition coefficient (Wildman–Crippen LogP) is 4.40. The van der Waals surface area contributed by atoms with Gasteiger partial charge in [-0.2, -0.15) is 0 Å². The third kappa shape index (κ3) is 0.893. The van der Waals surface area contributed by atoms with E-state index in [1.165, 1.54) is 0 Å². The first-order chi connectivity index (χ1) is 4.87. The Morgan fingerprint density at radius 2 is 1.25 bits per heavy atom. The highest BCUT2D eigenvalue weighted by atomic mass is 127. The molecule has 0 spiro atoms. The Hall–Kier alpha value is 0.730. The van der Waals surface area contributed by atoms with Crippen molar-refractivity contribution in [3.05, 3.63) is 0 Å². The number of alkyl halides is 1. The molecule has 0 N–H and O–H groups in total. The Bertz CT molecular complexity index is 246. The quantitative estimate of drug-likeness (QED) is 0.382. The van der Waals surface area contributed by atoms with Crippen molar-refractivity contribution in [2.45, 2.75) is 27.4 Å². The van der Waals surface area contributed by atoms with Gasteiger partial charge in [-0.15, -0.1) is 0 Å². The summed E-state index contributed by atoms with van der Waals surface area (Å²) < 4.78 is 58.2. The molecule has 0 nitrogen and oxygen atoms in total. The van der Waals surface area contributed by atoms with Crippen molar-refractivity contribution in [2.75, 3.05) is 0 Å². The van der Waals surface area contributed by atoms with E-state index in [9.17, 15) is 19.4 Å². The molecule has 3 rings (SSSR count). The van der Waals surface area contributed by atoms with Crippen molar-refractivity contribution >= 4 is 32.8 Å². The minimum atomic E-state index is -9.18. The van der Waals surface area contributed by atoms with Gasteiger partial charge in [0.15, 0.2) is 0 Å². The molecule has 0 amide bonds. The highest BCUT2D eigenvalue weighted by Gasteiger charge is 2.91. The van der Waals surface area contributed by atoms with Crippen molar-refractivity contribution in [3.8, 4) is 0 Å². The summed E-state index contributed by atoms with van der Waals surface area (Å²) in [7, 11) is -9.18. The lowest BCUT2D eigenvalue weighted by atomic mass is 9.55. The third-order valence-electron chi connectivity index (χ3n) is 2.74. The minimum Gasteiger partial charge on any atom is -0.0973 e. The van der Waals surface area contributed by atoms with Crippen molar-refractivity contribution in [1.29, 1.82) is 0 Å². The van der Waals surface area contributed by atoms with E-state index in [2.05, 4.69) is 0 Å². The van der Waals surface area contributed by atoms with Gasteiger partial charge in [0.05, 0.1) is 0 Å². The van der Waals surface area contributed by atoms with Crippen LogP contribution in [0.3, 0.4) is 0 Å². The normalized spacial score (nSPS) is 51.5. The average Bonchev–Trinajstić information content (AvgIpc) is 1.46. The molecule has 0 unspecified atom stereocenters. The first-order valence-electron chi connectivity index (χ1n) is 3.29. The van der Waals surface area contributed by atoms with Crippen LogP contribution in [0.4, 0.5) is 19.4 Å². The molecule has 0 radical (unpaired) electrons. The summed E-state index contributed by atoms with van der Waals surface area (Å²) in [6.45, 7) is 0. The summed E-state index contributed by atoms with van der Waals surface area (Å²) in [4.78, 5) is 0. The fourth-order valence-electron chi connectivity index (χ4n) is 1.99. The molecule has 7 heteroatoms. The molecule has 0 atom stereocenters. The Balaban J connectivity index is 2.36. The molecule has 0 aromatic rings. The Labute approximate surface area is 79.7 Å². The van der Waals surface area contributed by atoms with Crippen molar-refractivity contribution in [1.82, 2.24) is 0 Å². The SMILES string of the molecule is FS(F)(F)(F)(F)C12CC(I)(C1)C2. The Morgan fingerprint density at radius 3 is 1.33 bits per heavy atom. The van der Waals surface area contributed by atoms with Crippen LogP contribution in [-0.2, 0) is 0 Å². The van der Waals surface area contributed by atoms with E-state index in [-0.39, 0.29) is 19.3 Å². The topological polar surface area (TPSA) is 0 Å². The molecular formula is C5H6F5IS. The second kappa shape index (κ2) is 1.43. The number of halogens is 6. The predicted molar refractivity (Wildman–Crippen MR) is 46.5 cm³/mol. The molecular weight excluding hydrogens is 314 g/mol. The molecule has 0 saturated heterocycles. The highest BCUT2D eigenvalue weighted by Crippen LogP contribution is 3.10. The first kappa shape index (κ1) is 9.29. The lowest BCUT2D eigenvalue weighted by Crippen LogP contribution is -2.72. The van der Waals surface area contributed by atoms with Crippen LogP contribution in [0.5, 0.6) is 0 Å². The lowest BCUT2D eigenvalue weighted by Gasteiger charge is -2.75. The van der Waals surface area contributed by atoms with Gasteiger partial charge in [-0.25, -0.2) is 0 Å². The molecule has 3 fully saturated rings. The largest absolute Gasteiger partial charge is 0.290 e. The van der Waals surface area contributed by atoms with Crippen LogP contribution in [0.25, 0.3) is 0 Å². The second-order valence-corrected chi connectivity index (χ2v) is 8.93. The number of rotatable bonds is 1. The van der Waals surface area contributed by atoms with Crippen molar-refractivity contribution in [2.24, 2.45) is 0 Å². The van der Waals surface area contributed by atoms with Gasteiger partial charge in [0, 0.05) is 3.42 Å². The van der Waals surface area contributed by atoms with Crippen LogP contribution < -0.4 is 0 Å². The van der Waals surface area contributed by atoms with Crippen LogP contribution in [0, 0.1) is 0 Å². The maximum Gasteiger partial charge on any atom is 0.290 e. The Kier molecular flexibility index (Phi) is 1.11. The van der Waals surface area contributed by atoms with Crippen LogP contribution in [0.2, 0.25) is 0 Å². The van der Waals surface area contributed by atoms with E-state index in [0.29, 0.717) is 0 Å². The summed E-state index contributed by atoms with van der Waals surface area (Å²) in [6, 6.07) is 0. The van der Waals surface area contributed by atoms with E-state index >= 15 is 0 Å². The zero-order valence-corrected chi connectivity index (χ0v) is 8.77. The summed E-state index contributed by atoms with van der Waals surface area (Å²) in [5.41, 5.74) is 0. The maximum atomic E-state index is 12.2. The standard InChI is InChI=1S/C5H6F5IS/c6-12(7,8,9,10)5-1-4(11,2-5)3-5/h1-3H2. The average molecular weight is 320 g/mol. The first-order valence-corrected chi connectivity index (χ1v) is 6.32. The van der Waals surface area contributed by atoms with E-state index in [0.717, 1.165) is 0 Å². The monoisotopic (exact) mass is 320 g/mol. The molecule has 0 aromatic carbocycles. The van der Waals surface area contributed by atoms with E-state index in [1.54, 1.807) is 0 Å². The Morgan fingerprint density at radius 1 is 0.917 bits per heavy atom. The molecule has 0 aromatic heterocycles. The van der Waals surface area contributed by atoms with E-state index in [1.807, 2.05) is 22.6 Å². The lowest BCUT2D eigenvalue weighted by molar-refractivity contribution is 0.0573. The summed E-state index contributed by atoms with van der Waals surface area (Å²) in [6.07, 6.45) is -1.13. The van der Waals surface area contributed by atoms with Gasteiger partial charge in [-0.05, 0) is 19.3 Å². The fraction of sp³-hybridized carbons (Fsp3) is 1.00. The van der Waals surface area contributed by atoms with E-state index in [4.69, 9.17) is 0 Å². The smallest absolute Gasteiger partial charge is 0.0973 e. The van der Waals surface area contributed by atoms with Crippen molar-refractivity contribution in [3.63, 3.8) is 0 Å².